The second-order valence-electron chi connectivity index (χ2n) is 4.72. The average Bonchev–Trinajstić information content (AvgIpc) is 2.38. The van der Waals surface area contributed by atoms with Crippen molar-refractivity contribution in [3.63, 3.8) is 0 Å². The Morgan fingerprint density at radius 1 is 1.16 bits per heavy atom. The number of nitrogens with one attached hydrogen (secondary N) is 1. The van der Waals surface area contributed by atoms with Gasteiger partial charge >= 0.3 is 0 Å². The Labute approximate surface area is 118 Å². The van der Waals surface area contributed by atoms with Crippen molar-refractivity contribution in [1.82, 2.24) is 5.32 Å². The van der Waals surface area contributed by atoms with Crippen LogP contribution in [0.15, 0.2) is 42.5 Å². The van der Waals surface area contributed by atoms with Gasteiger partial charge < -0.3 is 5.32 Å². The second-order valence-corrected chi connectivity index (χ2v) is 5.16. The Morgan fingerprint density at radius 2 is 1.84 bits per heavy atom. The Hall–Kier alpha value is -1.38. The van der Waals surface area contributed by atoms with Crippen molar-refractivity contribution in [2.24, 2.45) is 0 Å². The monoisotopic (exact) mass is 277 g/mol. The fourth-order valence-corrected chi connectivity index (χ4v) is 2.22. The van der Waals surface area contributed by atoms with Crippen LogP contribution >= 0.6 is 11.6 Å². The number of rotatable bonds is 4. The van der Waals surface area contributed by atoms with E-state index in [9.17, 15) is 4.39 Å². The molecule has 1 N–H and O–H groups in total. The van der Waals surface area contributed by atoms with E-state index in [0.29, 0.717) is 0 Å². The Kier molecular flexibility index (Phi) is 4.56. The number of aryl methyl sites for hydroxylation is 1. The van der Waals surface area contributed by atoms with Gasteiger partial charge in [-0.1, -0.05) is 29.8 Å². The molecule has 0 spiro atoms. The van der Waals surface area contributed by atoms with Crippen molar-refractivity contribution in [3.8, 4) is 0 Å². The van der Waals surface area contributed by atoms with Crippen LogP contribution in [0.2, 0.25) is 5.02 Å². The molecule has 0 amide bonds. The molecule has 3 heteroatoms. The van der Waals surface area contributed by atoms with Crippen molar-refractivity contribution in [1.29, 1.82) is 0 Å². The van der Waals surface area contributed by atoms with Crippen LogP contribution in [0.5, 0.6) is 0 Å². The summed E-state index contributed by atoms with van der Waals surface area (Å²) in [6, 6.07) is 12.7. The quantitative estimate of drug-likeness (QED) is 0.858. The van der Waals surface area contributed by atoms with Gasteiger partial charge in [0, 0.05) is 17.6 Å². The van der Waals surface area contributed by atoms with E-state index in [-0.39, 0.29) is 11.9 Å². The lowest BCUT2D eigenvalue weighted by Gasteiger charge is -2.15. The molecule has 1 unspecified atom stereocenters. The summed E-state index contributed by atoms with van der Waals surface area (Å²) in [6.07, 6.45) is 0. The van der Waals surface area contributed by atoms with Gasteiger partial charge in [0.25, 0.3) is 0 Å². The predicted octanol–water partition coefficient (Wildman–Crippen LogP) is 4.64. The summed E-state index contributed by atoms with van der Waals surface area (Å²) in [7, 11) is 0. The van der Waals surface area contributed by atoms with Crippen LogP contribution < -0.4 is 5.32 Å². The molecule has 0 aliphatic heterocycles. The first-order valence-electron chi connectivity index (χ1n) is 6.30. The Balaban J connectivity index is 2.00. The molecule has 2 aromatic rings. The second kappa shape index (κ2) is 6.18. The molecule has 2 aromatic carbocycles. The van der Waals surface area contributed by atoms with Crippen molar-refractivity contribution in [3.05, 3.63) is 70.0 Å². The minimum absolute atomic E-state index is 0.177. The third-order valence-electron chi connectivity index (χ3n) is 3.27. The molecule has 19 heavy (non-hydrogen) atoms. The summed E-state index contributed by atoms with van der Waals surface area (Å²) in [6.45, 7) is 4.88. The standard InChI is InChI=1S/C16H17ClFN/c1-11-9-15(17)6-3-14(11)10-19-12(2)13-4-7-16(18)8-5-13/h3-9,12,19H,10H2,1-2H3. The Morgan fingerprint density at radius 3 is 2.47 bits per heavy atom. The first-order chi connectivity index (χ1) is 9.06. The summed E-state index contributed by atoms with van der Waals surface area (Å²) in [5.41, 5.74) is 3.47. The van der Waals surface area contributed by atoms with Gasteiger partial charge in [0.05, 0.1) is 0 Å². The molecule has 0 aromatic heterocycles. The van der Waals surface area contributed by atoms with Crippen LogP contribution in [0.1, 0.15) is 29.7 Å². The van der Waals surface area contributed by atoms with E-state index < -0.39 is 0 Å². The highest BCUT2D eigenvalue weighted by Gasteiger charge is 2.06. The van der Waals surface area contributed by atoms with Crippen LogP contribution in [0.3, 0.4) is 0 Å². The summed E-state index contributed by atoms with van der Waals surface area (Å²) in [5.74, 6) is -0.204. The molecule has 0 aliphatic rings. The molecule has 0 radical (unpaired) electrons. The van der Waals surface area contributed by atoms with Gasteiger partial charge in [0.1, 0.15) is 5.82 Å². The first-order valence-corrected chi connectivity index (χ1v) is 6.68. The lowest BCUT2D eigenvalue weighted by Crippen LogP contribution is -2.18. The largest absolute Gasteiger partial charge is 0.306 e. The van der Waals surface area contributed by atoms with Crippen LogP contribution in [0, 0.1) is 12.7 Å². The van der Waals surface area contributed by atoms with E-state index in [4.69, 9.17) is 11.6 Å². The van der Waals surface area contributed by atoms with E-state index in [1.54, 1.807) is 0 Å². The average molecular weight is 278 g/mol. The zero-order valence-electron chi connectivity index (χ0n) is 11.1. The molecule has 1 nitrogen and oxygen atoms in total. The van der Waals surface area contributed by atoms with Crippen molar-refractivity contribution < 1.29 is 4.39 Å². The van der Waals surface area contributed by atoms with Crippen molar-refractivity contribution in [2.45, 2.75) is 26.4 Å². The van der Waals surface area contributed by atoms with Crippen molar-refractivity contribution in [2.75, 3.05) is 0 Å². The van der Waals surface area contributed by atoms with E-state index >= 15 is 0 Å². The van der Waals surface area contributed by atoms with Gasteiger partial charge in [-0.2, -0.15) is 0 Å². The van der Waals surface area contributed by atoms with Crippen LogP contribution in [0.4, 0.5) is 4.39 Å². The van der Waals surface area contributed by atoms with Gasteiger partial charge in [0.15, 0.2) is 0 Å². The van der Waals surface area contributed by atoms with E-state index in [1.807, 2.05) is 37.3 Å². The highest BCUT2D eigenvalue weighted by Crippen LogP contribution is 2.17. The van der Waals surface area contributed by atoms with E-state index in [0.717, 1.165) is 17.1 Å². The zero-order chi connectivity index (χ0) is 13.8. The van der Waals surface area contributed by atoms with Gasteiger partial charge in [0.2, 0.25) is 0 Å². The minimum atomic E-state index is -0.204. The summed E-state index contributed by atoms with van der Waals surface area (Å²) < 4.78 is 12.9. The van der Waals surface area contributed by atoms with E-state index in [2.05, 4.69) is 12.2 Å². The topological polar surface area (TPSA) is 12.0 Å². The molecular formula is C16H17ClFN. The van der Waals surface area contributed by atoms with Gasteiger partial charge in [-0.3, -0.25) is 0 Å². The third-order valence-corrected chi connectivity index (χ3v) is 3.51. The van der Waals surface area contributed by atoms with E-state index in [1.165, 1.54) is 23.3 Å². The summed E-state index contributed by atoms with van der Waals surface area (Å²) >= 11 is 5.93. The first kappa shape index (κ1) is 14.0. The Bertz CT molecular complexity index is 551. The van der Waals surface area contributed by atoms with Gasteiger partial charge in [-0.15, -0.1) is 0 Å². The molecule has 0 saturated heterocycles. The normalized spacial score (nSPS) is 12.4. The maximum absolute atomic E-state index is 12.9. The number of halogens is 2. The lowest BCUT2D eigenvalue weighted by atomic mass is 10.1. The van der Waals surface area contributed by atoms with Crippen LogP contribution in [0.25, 0.3) is 0 Å². The van der Waals surface area contributed by atoms with Crippen molar-refractivity contribution >= 4 is 11.6 Å². The molecule has 0 fully saturated rings. The smallest absolute Gasteiger partial charge is 0.123 e. The maximum atomic E-state index is 12.9. The highest BCUT2D eigenvalue weighted by atomic mass is 35.5. The third kappa shape index (κ3) is 3.79. The van der Waals surface area contributed by atoms with Gasteiger partial charge in [-0.05, 0) is 54.8 Å². The zero-order valence-corrected chi connectivity index (χ0v) is 11.8. The fourth-order valence-electron chi connectivity index (χ4n) is 1.99. The minimum Gasteiger partial charge on any atom is -0.306 e. The summed E-state index contributed by atoms with van der Waals surface area (Å²) in [5, 5.41) is 4.19. The maximum Gasteiger partial charge on any atom is 0.123 e. The highest BCUT2D eigenvalue weighted by molar-refractivity contribution is 6.30. The summed E-state index contributed by atoms with van der Waals surface area (Å²) in [4.78, 5) is 0. The lowest BCUT2D eigenvalue weighted by molar-refractivity contribution is 0.570. The molecule has 0 saturated carbocycles. The molecule has 0 bridgehead atoms. The van der Waals surface area contributed by atoms with Crippen LogP contribution in [-0.4, -0.2) is 0 Å². The van der Waals surface area contributed by atoms with Gasteiger partial charge in [-0.25, -0.2) is 4.39 Å². The number of benzene rings is 2. The van der Waals surface area contributed by atoms with Crippen LogP contribution in [-0.2, 0) is 6.54 Å². The number of hydrogen-bond donors (Lipinski definition) is 1. The SMILES string of the molecule is Cc1cc(Cl)ccc1CNC(C)c1ccc(F)cc1. The molecule has 100 valence electrons. The number of hydrogen-bond acceptors (Lipinski definition) is 1. The molecule has 0 heterocycles. The molecular weight excluding hydrogens is 261 g/mol. The molecule has 1 atom stereocenters. The molecule has 0 aliphatic carbocycles. The molecule has 2 rings (SSSR count). The fraction of sp³-hybridized carbons (Fsp3) is 0.250. The predicted molar refractivity (Wildman–Crippen MR) is 77.8 cm³/mol.